The molecule has 0 saturated heterocycles. The van der Waals surface area contributed by atoms with Crippen molar-refractivity contribution in [1.82, 2.24) is 5.32 Å². The van der Waals surface area contributed by atoms with Gasteiger partial charge in [0.25, 0.3) is 0 Å². The van der Waals surface area contributed by atoms with Gasteiger partial charge in [-0.2, -0.15) is 0 Å². The summed E-state index contributed by atoms with van der Waals surface area (Å²) < 4.78 is 5.48. The maximum Gasteiger partial charge on any atom is 0.0726 e. The third-order valence-corrected chi connectivity index (χ3v) is 2.74. The summed E-state index contributed by atoms with van der Waals surface area (Å²) in [4.78, 5) is 0. The lowest BCUT2D eigenvalue weighted by molar-refractivity contribution is 0.0564. The fourth-order valence-electron chi connectivity index (χ4n) is 1.91. The lowest BCUT2D eigenvalue weighted by Gasteiger charge is -2.25. The maximum atomic E-state index is 5.48. The summed E-state index contributed by atoms with van der Waals surface area (Å²) in [5, 5.41) is 3.37. The highest BCUT2D eigenvalue weighted by Gasteiger charge is 2.35. The molecular formula is C10H21NO. The summed E-state index contributed by atoms with van der Waals surface area (Å²) in [5.41, 5.74) is 0. The van der Waals surface area contributed by atoms with Crippen molar-refractivity contribution in [3.63, 3.8) is 0 Å². The molecule has 2 unspecified atom stereocenters. The smallest absolute Gasteiger partial charge is 0.0726 e. The number of methoxy groups -OCH3 is 1. The van der Waals surface area contributed by atoms with Crippen LogP contribution in [0.25, 0.3) is 0 Å². The van der Waals surface area contributed by atoms with Gasteiger partial charge in [0, 0.05) is 13.2 Å². The highest BCUT2D eigenvalue weighted by molar-refractivity contribution is 4.90. The zero-order valence-electron chi connectivity index (χ0n) is 8.47. The Morgan fingerprint density at radius 3 is 2.50 bits per heavy atom. The average molecular weight is 171 g/mol. The molecule has 1 fully saturated rings. The Bertz CT molecular complexity index is 123. The quantitative estimate of drug-likeness (QED) is 0.658. The molecule has 0 radical (unpaired) electrons. The molecule has 2 atom stereocenters. The van der Waals surface area contributed by atoms with E-state index in [-0.39, 0.29) is 0 Å². The van der Waals surface area contributed by atoms with Gasteiger partial charge in [-0.25, -0.2) is 0 Å². The number of hydrogen-bond donors (Lipinski definition) is 1. The van der Waals surface area contributed by atoms with E-state index in [2.05, 4.69) is 12.2 Å². The first-order chi connectivity index (χ1) is 5.83. The second-order valence-corrected chi connectivity index (χ2v) is 3.71. The van der Waals surface area contributed by atoms with Gasteiger partial charge in [0.15, 0.2) is 0 Å². The Labute approximate surface area is 75.7 Å². The van der Waals surface area contributed by atoms with Crippen LogP contribution in [0, 0.1) is 5.92 Å². The third kappa shape index (κ3) is 2.46. The Morgan fingerprint density at radius 2 is 2.17 bits per heavy atom. The van der Waals surface area contributed by atoms with E-state index >= 15 is 0 Å². The van der Waals surface area contributed by atoms with Crippen LogP contribution >= 0.6 is 0 Å². The lowest BCUT2D eigenvalue weighted by Crippen LogP contribution is -2.40. The first kappa shape index (κ1) is 10.0. The van der Waals surface area contributed by atoms with E-state index in [0.29, 0.717) is 12.1 Å². The summed E-state index contributed by atoms with van der Waals surface area (Å²) in [6.07, 6.45) is 5.58. The Balaban J connectivity index is 2.36. The van der Waals surface area contributed by atoms with E-state index < -0.39 is 0 Å². The minimum Gasteiger partial charge on any atom is -0.380 e. The average Bonchev–Trinajstić information content (AvgIpc) is 2.88. The standard InChI is InChI=1S/C10H21NO/c1-4-5-9(12-3)10(11-2)8-6-7-8/h8-11H,4-7H2,1-3H3. The van der Waals surface area contributed by atoms with Crippen molar-refractivity contribution in [2.75, 3.05) is 14.2 Å². The fraction of sp³-hybridized carbons (Fsp3) is 1.00. The van der Waals surface area contributed by atoms with E-state index in [1.165, 1.54) is 25.7 Å². The van der Waals surface area contributed by atoms with Crippen molar-refractivity contribution in [3.05, 3.63) is 0 Å². The zero-order valence-corrected chi connectivity index (χ0v) is 8.47. The molecule has 0 aromatic heterocycles. The molecule has 1 aliphatic carbocycles. The predicted molar refractivity (Wildman–Crippen MR) is 51.3 cm³/mol. The lowest BCUT2D eigenvalue weighted by atomic mass is 10.0. The molecule has 0 aliphatic heterocycles. The van der Waals surface area contributed by atoms with Crippen molar-refractivity contribution >= 4 is 0 Å². The van der Waals surface area contributed by atoms with Crippen molar-refractivity contribution in [3.8, 4) is 0 Å². The SMILES string of the molecule is CCCC(OC)C(NC)C1CC1. The number of likely N-dealkylation sites (N-methyl/N-ethyl adjacent to an activating group) is 1. The van der Waals surface area contributed by atoms with Crippen LogP contribution in [-0.4, -0.2) is 26.3 Å². The van der Waals surface area contributed by atoms with Crippen LogP contribution in [-0.2, 0) is 4.74 Å². The highest BCUT2D eigenvalue weighted by Crippen LogP contribution is 2.35. The summed E-state index contributed by atoms with van der Waals surface area (Å²) in [6.45, 7) is 2.21. The molecule has 0 amide bonds. The molecule has 0 heterocycles. The van der Waals surface area contributed by atoms with Gasteiger partial charge in [-0.15, -0.1) is 0 Å². The molecule has 2 nitrogen and oxygen atoms in total. The summed E-state index contributed by atoms with van der Waals surface area (Å²) >= 11 is 0. The van der Waals surface area contributed by atoms with E-state index in [1.807, 2.05) is 14.2 Å². The van der Waals surface area contributed by atoms with Crippen LogP contribution in [0.2, 0.25) is 0 Å². The first-order valence-corrected chi connectivity index (χ1v) is 5.03. The third-order valence-electron chi connectivity index (χ3n) is 2.74. The van der Waals surface area contributed by atoms with Gasteiger partial charge in [0.1, 0.15) is 0 Å². The normalized spacial score (nSPS) is 22.2. The van der Waals surface area contributed by atoms with Crippen LogP contribution < -0.4 is 5.32 Å². The largest absolute Gasteiger partial charge is 0.380 e. The number of rotatable bonds is 6. The van der Waals surface area contributed by atoms with E-state index in [4.69, 9.17) is 4.74 Å². The second kappa shape index (κ2) is 4.83. The number of nitrogens with one attached hydrogen (secondary N) is 1. The van der Waals surface area contributed by atoms with Gasteiger partial charge in [0.05, 0.1) is 6.10 Å². The molecule has 2 heteroatoms. The number of ether oxygens (including phenoxy) is 1. The van der Waals surface area contributed by atoms with Gasteiger partial charge in [0.2, 0.25) is 0 Å². The van der Waals surface area contributed by atoms with Crippen LogP contribution in [0.3, 0.4) is 0 Å². The summed E-state index contributed by atoms with van der Waals surface area (Å²) in [7, 11) is 3.87. The molecule has 0 aromatic rings. The van der Waals surface area contributed by atoms with Gasteiger partial charge in [-0.1, -0.05) is 13.3 Å². The van der Waals surface area contributed by atoms with Crippen molar-refractivity contribution in [2.24, 2.45) is 5.92 Å². The van der Waals surface area contributed by atoms with Gasteiger partial charge in [-0.3, -0.25) is 0 Å². The van der Waals surface area contributed by atoms with E-state index in [9.17, 15) is 0 Å². The van der Waals surface area contributed by atoms with Crippen molar-refractivity contribution in [1.29, 1.82) is 0 Å². The summed E-state index contributed by atoms with van der Waals surface area (Å²) in [6, 6.07) is 0.593. The zero-order chi connectivity index (χ0) is 8.97. The monoisotopic (exact) mass is 171 g/mol. The minimum absolute atomic E-state index is 0.424. The van der Waals surface area contributed by atoms with E-state index in [1.54, 1.807) is 0 Å². The minimum atomic E-state index is 0.424. The summed E-state index contributed by atoms with van der Waals surface area (Å²) in [5.74, 6) is 0.881. The van der Waals surface area contributed by atoms with Gasteiger partial charge < -0.3 is 10.1 Å². The predicted octanol–water partition coefficient (Wildman–Crippen LogP) is 1.80. The fourth-order valence-corrected chi connectivity index (χ4v) is 1.91. The van der Waals surface area contributed by atoms with Crippen molar-refractivity contribution in [2.45, 2.75) is 44.8 Å². The van der Waals surface area contributed by atoms with Crippen molar-refractivity contribution < 1.29 is 4.74 Å². The molecule has 1 N–H and O–H groups in total. The highest BCUT2D eigenvalue weighted by atomic mass is 16.5. The topological polar surface area (TPSA) is 21.3 Å². The molecular weight excluding hydrogens is 150 g/mol. The van der Waals surface area contributed by atoms with Gasteiger partial charge in [-0.05, 0) is 32.2 Å². The van der Waals surface area contributed by atoms with Crippen LogP contribution in [0.15, 0.2) is 0 Å². The Hall–Kier alpha value is -0.0800. The Kier molecular flexibility index (Phi) is 4.02. The molecule has 0 spiro atoms. The Morgan fingerprint density at radius 1 is 1.50 bits per heavy atom. The molecule has 1 saturated carbocycles. The number of hydrogen-bond acceptors (Lipinski definition) is 2. The molecule has 12 heavy (non-hydrogen) atoms. The molecule has 72 valence electrons. The molecule has 1 rings (SSSR count). The second-order valence-electron chi connectivity index (χ2n) is 3.71. The molecule has 0 aromatic carbocycles. The van der Waals surface area contributed by atoms with Crippen LogP contribution in [0.4, 0.5) is 0 Å². The van der Waals surface area contributed by atoms with Crippen LogP contribution in [0.5, 0.6) is 0 Å². The molecule has 1 aliphatic rings. The molecule has 0 bridgehead atoms. The van der Waals surface area contributed by atoms with Crippen LogP contribution in [0.1, 0.15) is 32.6 Å². The first-order valence-electron chi connectivity index (χ1n) is 5.03. The maximum absolute atomic E-state index is 5.48. The van der Waals surface area contributed by atoms with E-state index in [0.717, 1.165) is 5.92 Å². The van der Waals surface area contributed by atoms with Gasteiger partial charge >= 0.3 is 0 Å².